The summed E-state index contributed by atoms with van der Waals surface area (Å²) in [6.45, 7) is 8.27. The Labute approximate surface area is 152 Å². The number of carboxylic acid groups (broad SMARTS) is 1. The van der Waals surface area contributed by atoms with E-state index in [4.69, 9.17) is 16.7 Å². The minimum absolute atomic E-state index is 0.0469. The second-order valence-electron chi connectivity index (χ2n) is 7.10. The maximum atomic E-state index is 10.8. The van der Waals surface area contributed by atoms with Crippen LogP contribution in [-0.4, -0.2) is 30.6 Å². The third-order valence-corrected chi connectivity index (χ3v) is 4.16. The van der Waals surface area contributed by atoms with Gasteiger partial charge in [0.25, 0.3) is 0 Å². The molecule has 0 saturated carbocycles. The van der Waals surface area contributed by atoms with Crippen molar-refractivity contribution in [1.82, 2.24) is 14.4 Å². The normalized spacial score (nSPS) is 13.6. The lowest BCUT2D eigenvalue weighted by atomic mass is 9.96. The molecule has 0 fully saturated rings. The molecule has 0 aliphatic heterocycles. The number of hydrogen-bond acceptors (Lipinski definition) is 6. The summed E-state index contributed by atoms with van der Waals surface area (Å²) in [6, 6.07) is 1.99. The van der Waals surface area contributed by atoms with Gasteiger partial charge in [0.1, 0.15) is 11.3 Å². The van der Waals surface area contributed by atoms with E-state index in [1.54, 1.807) is 0 Å². The molecule has 8 heteroatoms. The van der Waals surface area contributed by atoms with Crippen molar-refractivity contribution in [2.45, 2.75) is 46.3 Å². The number of pyridine rings is 1. The number of fused-ring (bicyclic) bond motifs is 1. The lowest BCUT2D eigenvalue weighted by Crippen LogP contribution is -2.27. The number of aromatic nitrogens is 2. The topological polar surface area (TPSA) is 130 Å². The summed E-state index contributed by atoms with van der Waals surface area (Å²) in [5.74, 6) is 4.91. The molecule has 0 bridgehead atoms. The van der Waals surface area contributed by atoms with Crippen molar-refractivity contribution in [3.8, 4) is 0 Å². The number of nitrogens with two attached hydrogens (primary N) is 2. The monoisotopic (exact) mass is 361 g/mol. The fourth-order valence-electron chi connectivity index (χ4n) is 2.63. The molecule has 2 rings (SSSR count). The molecule has 26 heavy (non-hydrogen) atoms. The van der Waals surface area contributed by atoms with E-state index in [0.29, 0.717) is 17.3 Å². The summed E-state index contributed by atoms with van der Waals surface area (Å²) >= 11 is 0. The molecular formula is C18H27N5O3. The summed E-state index contributed by atoms with van der Waals surface area (Å²) in [6.07, 6.45) is 4.32. The zero-order valence-corrected chi connectivity index (χ0v) is 15.5. The number of hydrogen-bond donors (Lipinski definition) is 4. The second-order valence-corrected chi connectivity index (χ2v) is 7.10. The molecule has 0 radical (unpaired) electrons. The number of rotatable bonds is 7. The Morgan fingerprint density at radius 1 is 1.35 bits per heavy atom. The van der Waals surface area contributed by atoms with Crippen LogP contribution < -0.4 is 11.6 Å². The molecule has 0 spiro atoms. The molecule has 0 aliphatic rings. The number of carboxylic acids is 1. The van der Waals surface area contributed by atoms with Crippen LogP contribution in [0.3, 0.4) is 0 Å². The molecule has 6 N–H and O–H groups in total. The average molecular weight is 361 g/mol. The van der Waals surface area contributed by atoms with Crippen LogP contribution in [0.2, 0.25) is 0 Å². The van der Waals surface area contributed by atoms with Gasteiger partial charge < -0.3 is 25.4 Å². The smallest absolute Gasteiger partial charge is 0.353 e. The van der Waals surface area contributed by atoms with Gasteiger partial charge in [0, 0.05) is 24.2 Å². The predicted octanol–water partition coefficient (Wildman–Crippen LogP) is 1.71. The Morgan fingerprint density at radius 2 is 2.00 bits per heavy atom. The van der Waals surface area contributed by atoms with E-state index < -0.39 is 12.1 Å². The third kappa shape index (κ3) is 4.33. The first-order valence-corrected chi connectivity index (χ1v) is 8.51. The summed E-state index contributed by atoms with van der Waals surface area (Å²) in [4.78, 5) is 15.4. The Balaban J connectivity index is 2.44. The van der Waals surface area contributed by atoms with Gasteiger partial charge in [-0.05, 0) is 23.5 Å². The molecule has 1 unspecified atom stereocenters. The number of imidazole rings is 1. The van der Waals surface area contributed by atoms with Crippen molar-refractivity contribution in [3.63, 3.8) is 0 Å². The SMILES string of the molecule is CC(C)c1cc(C(O)C(C)C)c2nc(CN(N)/C=C(\N)C(=O)O)cn2c1. The second kappa shape index (κ2) is 7.76. The largest absolute Gasteiger partial charge is 0.477 e. The van der Waals surface area contributed by atoms with Crippen LogP contribution in [0.4, 0.5) is 0 Å². The molecule has 0 aromatic carbocycles. The molecule has 8 nitrogen and oxygen atoms in total. The highest BCUT2D eigenvalue weighted by Gasteiger charge is 2.19. The maximum Gasteiger partial charge on any atom is 0.353 e. The number of hydrazine groups is 1. The minimum atomic E-state index is -1.24. The van der Waals surface area contributed by atoms with Gasteiger partial charge in [-0.15, -0.1) is 0 Å². The van der Waals surface area contributed by atoms with Crippen LogP contribution in [-0.2, 0) is 11.3 Å². The zero-order chi connectivity index (χ0) is 19.6. The van der Waals surface area contributed by atoms with Crippen LogP contribution >= 0.6 is 0 Å². The van der Waals surface area contributed by atoms with Crippen LogP contribution in [0.1, 0.15) is 56.5 Å². The van der Waals surface area contributed by atoms with Gasteiger partial charge >= 0.3 is 5.97 Å². The lowest BCUT2D eigenvalue weighted by Gasteiger charge is -2.18. The van der Waals surface area contributed by atoms with Crippen molar-refractivity contribution in [3.05, 3.63) is 47.2 Å². The van der Waals surface area contributed by atoms with Crippen LogP contribution in [0.5, 0.6) is 0 Å². The van der Waals surface area contributed by atoms with Crippen molar-refractivity contribution >= 4 is 11.6 Å². The van der Waals surface area contributed by atoms with Crippen molar-refractivity contribution in [2.75, 3.05) is 0 Å². The number of nitrogens with zero attached hydrogens (tertiary/aromatic N) is 3. The lowest BCUT2D eigenvalue weighted by molar-refractivity contribution is -0.132. The number of aliphatic hydroxyl groups excluding tert-OH is 1. The molecule has 2 heterocycles. The van der Waals surface area contributed by atoms with Crippen molar-refractivity contribution < 1.29 is 15.0 Å². The Bertz CT molecular complexity index is 826. The van der Waals surface area contributed by atoms with E-state index in [1.807, 2.05) is 36.7 Å². The quantitative estimate of drug-likeness (QED) is 0.335. The molecule has 0 saturated heterocycles. The first-order chi connectivity index (χ1) is 12.1. The first-order valence-electron chi connectivity index (χ1n) is 8.51. The Morgan fingerprint density at radius 3 is 2.54 bits per heavy atom. The fraction of sp³-hybridized carbons (Fsp3) is 0.444. The molecule has 1 atom stereocenters. The van der Waals surface area contributed by atoms with Gasteiger partial charge in [-0.2, -0.15) is 0 Å². The minimum Gasteiger partial charge on any atom is -0.477 e. The highest BCUT2D eigenvalue weighted by Crippen LogP contribution is 2.28. The molecule has 2 aromatic rings. The Kier molecular flexibility index (Phi) is 5.89. The van der Waals surface area contributed by atoms with E-state index in [0.717, 1.165) is 17.3 Å². The van der Waals surface area contributed by atoms with E-state index in [9.17, 15) is 9.90 Å². The summed E-state index contributed by atoms with van der Waals surface area (Å²) in [5.41, 5.74) is 8.18. The average Bonchev–Trinajstić information content (AvgIpc) is 2.94. The standard InChI is InChI=1S/C18H27N5O3/c1-10(2)12-5-14(16(24)11(3)4)17-21-13(7-22(17)6-12)8-23(20)9-15(19)18(25)26/h5-7,9-11,16,24H,8,19-20H2,1-4H3,(H,25,26)/b15-9-. The number of carbonyl (C=O) groups is 1. The number of aliphatic carboxylic acids is 1. The first kappa shape index (κ1) is 19.7. The van der Waals surface area contributed by atoms with Crippen LogP contribution in [0.25, 0.3) is 5.65 Å². The molecular weight excluding hydrogens is 334 g/mol. The van der Waals surface area contributed by atoms with Crippen LogP contribution in [0, 0.1) is 5.92 Å². The highest BCUT2D eigenvalue weighted by molar-refractivity contribution is 5.85. The van der Waals surface area contributed by atoms with Gasteiger partial charge in [0.15, 0.2) is 0 Å². The van der Waals surface area contributed by atoms with Gasteiger partial charge in [0.05, 0.1) is 18.3 Å². The van der Waals surface area contributed by atoms with E-state index in [-0.39, 0.29) is 18.2 Å². The van der Waals surface area contributed by atoms with Gasteiger partial charge in [-0.3, -0.25) is 0 Å². The summed E-state index contributed by atoms with van der Waals surface area (Å²) in [7, 11) is 0. The number of aliphatic hydroxyl groups is 1. The molecule has 0 amide bonds. The van der Waals surface area contributed by atoms with Gasteiger partial charge in [-0.25, -0.2) is 15.6 Å². The highest BCUT2D eigenvalue weighted by atomic mass is 16.4. The van der Waals surface area contributed by atoms with E-state index >= 15 is 0 Å². The maximum absolute atomic E-state index is 10.8. The van der Waals surface area contributed by atoms with Crippen LogP contribution in [0.15, 0.2) is 30.4 Å². The van der Waals surface area contributed by atoms with Gasteiger partial charge in [0.2, 0.25) is 0 Å². The van der Waals surface area contributed by atoms with E-state index in [1.165, 1.54) is 5.01 Å². The van der Waals surface area contributed by atoms with Gasteiger partial charge in [-0.1, -0.05) is 27.7 Å². The van der Waals surface area contributed by atoms with E-state index in [2.05, 4.69) is 18.8 Å². The predicted molar refractivity (Wildman–Crippen MR) is 98.7 cm³/mol. The van der Waals surface area contributed by atoms with Crippen molar-refractivity contribution in [2.24, 2.45) is 17.5 Å². The molecule has 2 aromatic heterocycles. The summed E-state index contributed by atoms with van der Waals surface area (Å²) in [5, 5.41) is 20.6. The van der Waals surface area contributed by atoms with Crippen molar-refractivity contribution in [1.29, 1.82) is 0 Å². The molecule has 142 valence electrons. The molecule has 0 aliphatic carbocycles. The Hall–Kier alpha value is -2.58. The third-order valence-electron chi connectivity index (χ3n) is 4.16. The zero-order valence-electron chi connectivity index (χ0n) is 15.5. The fourth-order valence-corrected chi connectivity index (χ4v) is 2.63. The summed E-state index contributed by atoms with van der Waals surface area (Å²) < 4.78 is 1.88.